The SMILES string of the molecule is C.OC[C@H](Cc1cncc(-c2ccc3c(c2)C(Cl)=NC3)c1)c1ccccc1. The lowest BCUT2D eigenvalue weighted by Crippen LogP contribution is -2.08. The van der Waals surface area contributed by atoms with Crippen LogP contribution in [-0.4, -0.2) is 21.9 Å². The third kappa shape index (κ3) is 4.10. The first kappa shape index (κ1) is 19.3. The highest BCUT2D eigenvalue weighted by Crippen LogP contribution is 2.29. The maximum Gasteiger partial charge on any atom is 0.131 e. The number of aliphatic hydroxyl groups is 1. The number of hydrogen-bond donors (Lipinski definition) is 1. The van der Waals surface area contributed by atoms with Crippen molar-refractivity contribution in [2.75, 3.05) is 6.61 Å². The van der Waals surface area contributed by atoms with Gasteiger partial charge in [0.05, 0.1) is 13.2 Å². The third-order valence-electron chi connectivity index (χ3n) is 4.82. The van der Waals surface area contributed by atoms with Crippen molar-refractivity contribution in [1.29, 1.82) is 0 Å². The fourth-order valence-corrected chi connectivity index (χ4v) is 3.62. The van der Waals surface area contributed by atoms with Gasteiger partial charge in [-0.15, -0.1) is 0 Å². The molecule has 0 radical (unpaired) electrons. The first-order chi connectivity index (χ1) is 12.7. The summed E-state index contributed by atoms with van der Waals surface area (Å²) in [5.41, 5.74) is 6.53. The van der Waals surface area contributed by atoms with Crippen LogP contribution in [0.4, 0.5) is 0 Å². The van der Waals surface area contributed by atoms with Crippen LogP contribution < -0.4 is 0 Å². The van der Waals surface area contributed by atoms with Gasteiger partial charge in [0.15, 0.2) is 0 Å². The van der Waals surface area contributed by atoms with Crippen LogP contribution in [0.3, 0.4) is 0 Å². The van der Waals surface area contributed by atoms with Gasteiger partial charge in [0.25, 0.3) is 0 Å². The Morgan fingerprint density at radius 2 is 1.81 bits per heavy atom. The minimum atomic E-state index is 0. The number of benzene rings is 2. The lowest BCUT2D eigenvalue weighted by atomic mass is 9.92. The highest BCUT2D eigenvalue weighted by atomic mass is 35.5. The Bertz CT molecular complexity index is 954. The van der Waals surface area contributed by atoms with Crippen LogP contribution in [0.25, 0.3) is 11.1 Å². The van der Waals surface area contributed by atoms with Crippen LogP contribution in [0.1, 0.15) is 35.6 Å². The van der Waals surface area contributed by atoms with Gasteiger partial charge in [-0.3, -0.25) is 9.98 Å². The summed E-state index contributed by atoms with van der Waals surface area (Å²) in [6, 6.07) is 18.5. The molecule has 3 aromatic rings. The van der Waals surface area contributed by atoms with Gasteiger partial charge in [-0.1, -0.05) is 61.5 Å². The largest absolute Gasteiger partial charge is 0.396 e. The molecule has 0 fully saturated rings. The van der Waals surface area contributed by atoms with Crippen LogP contribution >= 0.6 is 11.6 Å². The minimum absolute atomic E-state index is 0. The first-order valence-corrected chi connectivity index (χ1v) is 9.06. The van der Waals surface area contributed by atoms with E-state index in [0.717, 1.165) is 39.8 Å². The number of fused-ring (bicyclic) bond motifs is 1. The Hall–Kier alpha value is -2.49. The third-order valence-corrected chi connectivity index (χ3v) is 5.15. The maximum atomic E-state index is 9.81. The van der Waals surface area contributed by atoms with Gasteiger partial charge in [0.2, 0.25) is 0 Å². The molecule has 1 aliphatic rings. The van der Waals surface area contributed by atoms with E-state index in [1.165, 1.54) is 0 Å². The summed E-state index contributed by atoms with van der Waals surface area (Å²) in [6.07, 6.45) is 4.48. The Morgan fingerprint density at radius 3 is 2.59 bits per heavy atom. The van der Waals surface area contributed by atoms with E-state index in [2.05, 4.69) is 46.4 Å². The maximum absolute atomic E-state index is 9.81. The number of hydrogen-bond acceptors (Lipinski definition) is 3. The monoisotopic (exact) mass is 378 g/mol. The second-order valence-electron chi connectivity index (χ2n) is 6.56. The molecular formula is C23H23ClN2O. The second-order valence-corrected chi connectivity index (χ2v) is 6.91. The predicted molar refractivity (Wildman–Crippen MR) is 112 cm³/mol. The van der Waals surface area contributed by atoms with Gasteiger partial charge in [0, 0.05) is 29.4 Å². The van der Waals surface area contributed by atoms with Crippen molar-refractivity contribution in [1.82, 2.24) is 4.98 Å². The van der Waals surface area contributed by atoms with Crippen LogP contribution in [0.5, 0.6) is 0 Å². The lowest BCUT2D eigenvalue weighted by Gasteiger charge is -2.15. The molecule has 0 saturated heterocycles. The summed E-state index contributed by atoms with van der Waals surface area (Å²) < 4.78 is 0. The fourth-order valence-electron chi connectivity index (χ4n) is 3.38. The molecule has 1 aromatic heterocycles. The van der Waals surface area contributed by atoms with Gasteiger partial charge in [-0.05, 0) is 40.8 Å². The number of aromatic nitrogens is 1. The molecule has 3 nitrogen and oxygen atoms in total. The molecule has 0 amide bonds. The molecule has 0 unspecified atom stereocenters. The Kier molecular flexibility index (Phi) is 6.04. The van der Waals surface area contributed by atoms with Crippen molar-refractivity contribution >= 4 is 16.8 Å². The van der Waals surface area contributed by atoms with E-state index in [-0.39, 0.29) is 20.0 Å². The molecule has 1 atom stereocenters. The minimum Gasteiger partial charge on any atom is -0.396 e. The molecule has 1 N–H and O–H groups in total. The Morgan fingerprint density at radius 1 is 1.00 bits per heavy atom. The van der Waals surface area contributed by atoms with Gasteiger partial charge < -0.3 is 5.11 Å². The zero-order chi connectivity index (χ0) is 17.9. The molecule has 1 aliphatic heterocycles. The normalized spacial score (nSPS) is 13.5. The highest BCUT2D eigenvalue weighted by molar-refractivity contribution is 6.70. The molecule has 0 bridgehead atoms. The molecule has 138 valence electrons. The van der Waals surface area contributed by atoms with E-state index in [0.29, 0.717) is 11.7 Å². The summed E-state index contributed by atoms with van der Waals surface area (Å²) in [4.78, 5) is 8.69. The van der Waals surface area contributed by atoms with E-state index in [4.69, 9.17) is 11.6 Å². The van der Waals surface area contributed by atoms with E-state index >= 15 is 0 Å². The summed E-state index contributed by atoms with van der Waals surface area (Å²) in [5.74, 6) is 0.0647. The molecular weight excluding hydrogens is 356 g/mol. The number of nitrogens with zero attached hydrogens (tertiary/aromatic N) is 2. The Labute approximate surface area is 165 Å². The second kappa shape index (κ2) is 8.47. The number of aliphatic hydroxyl groups excluding tert-OH is 1. The van der Waals surface area contributed by atoms with E-state index < -0.39 is 0 Å². The molecule has 0 aliphatic carbocycles. The first-order valence-electron chi connectivity index (χ1n) is 8.68. The van der Waals surface area contributed by atoms with Crippen molar-refractivity contribution in [3.8, 4) is 11.1 Å². The summed E-state index contributed by atoms with van der Waals surface area (Å²) >= 11 is 6.20. The van der Waals surface area contributed by atoms with Gasteiger partial charge in [-0.2, -0.15) is 0 Å². The van der Waals surface area contributed by atoms with Crippen molar-refractivity contribution in [3.05, 3.63) is 89.2 Å². The number of aliphatic imine (C=N–C) groups is 1. The number of halogens is 1. The van der Waals surface area contributed by atoms with Gasteiger partial charge in [0.1, 0.15) is 5.17 Å². The fraction of sp³-hybridized carbons (Fsp3) is 0.217. The molecule has 0 spiro atoms. The summed E-state index contributed by atoms with van der Waals surface area (Å²) in [5, 5.41) is 10.4. The smallest absolute Gasteiger partial charge is 0.131 e. The van der Waals surface area contributed by atoms with Crippen LogP contribution in [0, 0.1) is 0 Å². The van der Waals surface area contributed by atoms with Crippen molar-refractivity contribution in [3.63, 3.8) is 0 Å². The van der Waals surface area contributed by atoms with E-state index in [1.54, 1.807) is 0 Å². The van der Waals surface area contributed by atoms with Crippen molar-refractivity contribution < 1.29 is 5.11 Å². The van der Waals surface area contributed by atoms with Crippen LogP contribution in [-0.2, 0) is 13.0 Å². The molecule has 4 rings (SSSR count). The Balaban J connectivity index is 0.00000210. The number of pyridine rings is 1. The van der Waals surface area contributed by atoms with E-state index in [9.17, 15) is 5.11 Å². The van der Waals surface area contributed by atoms with Gasteiger partial charge >= 0.3 is 0 Å². The topological polar surface area (TPSA) is 45.5 Å². The lowest BCUT2D eigenvalue weighted by molar-refractivity contribution is 0.264. The van der Waals surface area contributed by atoms with Crippen LogP contribution in [0.15, 0.2) is 72.0 Å². The van der Waals surface area contributed by atoms with Crippen molar-refractivity contribution in [2.24, 2.45) is 4.99 Å². The zero-order valence-electron chi connectivity index (χ0n) is 14.3. The zero-order valence-corrected chi connectivity index (χ0v) is 15.0. The molecule has 4 heteroatoms. The van der Waals surface area contributed by atoms with Crippen molar-refractivity contribution in [2.45, 2.75) is 26.3 Å². The molecule has 2 aromatic carbocycles. The van der Waals surface area contributed by atoms with Crippen LogP contribution in [0.2, 0.25) is 0 Å². The highest BCUT2D eigenvalue weighted by Gasteiger charge is 2.16. The molecule has 27 heavy (non-hydrogen) atoms. The van der Waals surface area contributed by atoms with Gasteiger partial charge in [-0.25, -0.2) is 0 Å². The average Bonchev–Trinajstić information content (AvgIpc) is 3.07. The standard InChI is InChI=1S/C22H19ClN2O.CH4/c23-22-21-10-17(6-7-18(21)13-25-22)19-8-15(11-24-12-19)9-20(14-26)16-4-2-1-3-5-16;/h1-8,10-12,20,26H,9,13-14H2;1H4/t20-;/m0./s1. The summed E-state index contributed by atoms with van der Waals surface area (Å²) in [7, 11) is 0. The quantitative estimate of drug-likeness (QED) is 0.663. The number of rotatable bonds is 5. The average molecular weight is 379 g/mol. The van der Waals surface area contributed by atoms with E-state index in [1.807, 2.05) is 30.6 Å². The molecule has 2 heterocycles. The predicted octanol–water partition coefficient (Wildman–Crippen LogP) is 5.20. The summed E-state index contributed by atoms with van der Waals surface area (Å²) in [6.45, 7) is 0.765. The molecule has 0 saturated carbocycles.